The fraction of sp³-hybridized carbons (Fsp3) is 0.167. The number of anilines is 1. The second-order valence-electron chi connectivity index (χ2n) is 7.61. The Morgan fingerprint density at radius 3 is 2.79 bits per heavy atom. The Kier molecular flexibility index (Phi) is 5.80. The Morgan fingerprint density at radius 1 is 1.24 bits per heavy atom. The number of benzene rings is 2. The lowest BCUT2D eigenvalue weighted by molar-refractivity contribution is 0.0600. The van der Waals surface area contributed by atoms with E-state index in [0.29, 0.717) is 15.6 Å². The Labute approximate surface area is 204 Å². The lowest BCUT2D eigenvalue weighted by atomic mass is 10.1. The van der Waals surface area contributed by atoms with Crippen molar-refractivity contribution < 1.29 is 19.1 Å². The van der Waals surface area contributed by atoms with E-state index in [1.165, 1.54) is 18.4 Å². The van der Waals surface area contributed by atoms with Crippen LogP contribution in [0.3, 0.4) is 0 Å². The molecule has 0 bridgehead atoms. The zero-order valence-electron chi connectivity index (χ0n) is 18.6. The number of allylic oxidation sites excluding steroid dienone is 1. The highest BCUT2D eigenvalue weighted by Gasteiger charge is 2.23. The average Bonchev–Trinajstić information content (AvgIpc) is 3.56. The van der Waals surface area contributed by atoms with Gasteiger partial charge in [-0.25, -0.2) is 9.78 Å². The largest absolute Gasteiger partial charge is 0.484 e. The number of hydrogen-bond donors (Lipinski definition) is 1. The Balaban J connectivity index is 1.48. The van der Waals surface area contributed by atoms with Gasteiger partial charge in [-0.1, -0.05) is 29.8 Å². The van der Waals surface area contributed by atoms with Crippen LogP contribution >= 0.6 is 22.9 Å². The fourth-order valence-electron chi connectivity index (χ4n) is 3.64. The lowest BCUT2D eigenvalue weighted by Gasteiger charge is -2.17. The number of halogens is 1. The van der Waals surface area contributed by atoms with E-state index in [2.05, 4.69) is 10.4 Å². The molecular formula is C24H21ClN4O4S. The third-order valence-electron chi connectivity index (χ3n) is 5.33. The molecule has 3 heterocycles. The summed E-state index contributed by atoms with van der Waals surface area (Å²) in [6.45, 7) is 3.75. The molecule has 8 nitrogen and oxygen atoms in total. The molecule has 10 heteroatoms. The fourth-order valence-corrected chi connectivity index (χ4v) is 4.92. The molecule has 174 valence electrons. The summed E-state index contributed by atoms with van der Waals surface area (Å²) in [6, 6.07) is 15.1. The van der Waals surface area contributed by atoms with Gasteiger partial charge in [-0.3, -0.25) is 9.99 Å². The van der Waals surface area contributed by atoms with Crippen molar-refractivity contribution in [2.75, 3.05) is 12.3 Å². The van der Waals surface area contributed by atoms with Gasteiger partial charge in [0.25, 0.3) is 0 Å². The van der Waals surface area contributed by atoms with Crippen LogP contribution in [-0.2, 0) is 9.57 Å². The van der Waals surface area contributed by atoms with Crippen molar-refractivity contribution in [2.45, 2.75) is 20.0 Å². The lowest BCUT2D eigenvalue weighted by Crippen LogP contribution is -2.27. The number of imidazole rings is 1. The van der Waals surface area contributed by atoms with Crippen molar-refractivity contribution in [1.82, 2.24) is 15.0 Å². The van der Waals surface area contributed by atoms with Crippen molar-refractivity contribution in [3.05, 3.63) is 82.3 Å². The van der Waals surface area contributed by atoms with E-state index in [9.17, 15) is 4.79 Å². The number of aromatic nitrogens is 2. The van der Waals surface area contributed by atoms with Crippen molar-refractivity contribution in [3.63, 3.8) is 0 Å². The molecule has 0 saturated carbocycles. The minimum atomic E-state index is -0.468. The normalized spacial score (nSPS) is 13.9. The van der Waals surface area contributed by atoms with Crippen LogP contribution in [0.1, 0.15) is 35.2 Å². The molecule has 0 saturated heterocycles. The number of esters is 1. The summed E-state index contributed by atoms with van der Waals surface area (Å²) in [6.07, 6.45) is 3.12. The first-order valence-electron chi connectivity index (χ1n) is 10.5. The molecule has 1 aliphatic rings. The molecule has 0 fully saturated rings. The van der Waals surface area contributed by atoms with E-state index in [-0.39, 0.29) is 6.10 Å². The molecule has 0 aliphatic carbocycles. The van der Waals surface area contributed by atoms with Gasteiger partial charge in [-0.2, -0.15) is 0 Å². The highest BCUT2D eigenvalue weighted by molar-refractivity contribution is 7.16. The Morgan fingerprint density at radius 2 is 2.06 bits per heavy atom. The van der Waals surface area contributed by atoms with Crippen LogP contribution in [0, 0.1) is 0 Å². The number of methoxy groups -OCH3 is 1. The van der Waals surface area contributed by atoms with Gasteiger partial charge in [0, 0.05) is 16.7 Å². The van der Waals surface area contributed by atoms with Gasteiger partial charge in [-0.05, 0) is 38.1 Å². The maximum absolute atomic E-state index is 12.5. The minimum absolute atomic E-state index is 0.367. The van der Waals surface area contributed by atoms with Crippen LogP contribution in [-0.4, -0.2) is 22.6 Å². The molecule has 0 spiro atoms. The summed E-state index contributed by atoms with van der Waals surface area (Å²) in [7, 11) is 1.35. The number of nitrogens with zero attached hydrogens (tertiary/aromatic N) is 3. The van der Waals surface area contributed by atoms with Crippen molar-refractivity contribution in [2.24, 2.45) is 0 Å². The topological polar surface area (TPSA) is 77.9 Å². The van der Waals surface area contributed by atoms with Crippen LogP contribution in [0.15, 0.2) is 66.8 Å². The third-order valence-corrected chi connectivity index (χ3v) is 6.77. The first-order valence-corrected chi connectivity index (χ1v) is 11.7. The van der Waals surface area contributed by atoms with Gasteiger partial charge in [0.2, 0.25) is 0 Å². The van der Waals surface area contributed by atoms with Gasteiger partial charge in [-0.15, -0.1) is 16.5 Å². The molecule has 5 rings (SSSR count). The molecule has 2 aromatic carbocycles. The van der Waals surface area contributed by atoms with E-state index in [4.69, 9.17) is 25.9 Å². The molecule has 4 aromatic rings. The quantitative estimate of drug-likeness (QED) is 0.339. The SMILES string of the molecule is COC(=O)c1sc(-n2cnc3cc(N4NC=C(C)O4)ccc32)cc1O[C@H](C)c1ccccc1Cl. The zero-order chi connectivity index (χ0) is 23.8. The summed E-state index contributed by atoms with van der Waals surface area (Å²) in [5, 5.41) is 2.93. The van der Waals surface area contributed by atoms with Crippen molar-refractivity contribution in [3.8, 4) is 10.8 Å². The number of carbonyl (C=O) groups is 1. The standard InChI is InChI=1S/C24H21ClN4O4S/c1-14-12-27-29(33-14)16-8-9-20-19(10-16)26-13-28(20)22-11-21(23(34-22)24(30)31-3)32-15(2)17-6-4-5-7-18(17)25/h4-13,15,27H,1-3H3/t15-/m1/s1. The predicted molar refractivity (Wildman–Crippen MR) is 131 cm³/mol. The average molecular weight is 497 g/mol. The highest BCUT2D eigenvalue weighted by Crippen LogP contribution is 2.38. The van der Waals surface area contributed by atoms with E-state index in [1.54, 1.807) is 17.7 Å². The monoisotopic (exact) mass is 496 g/mol. The number of ether oxygens (including phenoxy) is 2. The maximum atomic E-state index is 12.5. The summed E-state index contributed by atoms with van der Waals surface area (Å²) in [4.78, 5) is 23.0. The summed E-state index contributed by atoms with van der Waals surface area (Å²) in [5.41, 5.74) is 6.31. The summed E-state index contributed by atoms with van der Waals surface area (Å²) < 4.78 is 13.1. The number of thiophene rings is 1. The highest BCUT2D eigenvalue weighted by atomic mass is 35.5. The Hall–Kier alpha value is -3.69. The first-order chi connectivity index (χ1) is 16.4. The van der Waals surface area contributed by atoms with Gasteiger partial charge in [0.05, 0.1) is 24.3 Å². The van der Waals surface area contributed by atoms with Crippen molar-refractivity contribution in [1.29, 1.82) is 0 Å². The van der Waals surface area contributed by atoms with Crippen LogP contribution in [0.25, 0.3) is 16.0 Å². The second-order valence-corrected chi connectivity index (χ2v) is 9.05. The van der Waals surface area contributed by atoms with Crippen LogP contribution < -0.4 is 15.3 Å². The van der Waals surface area contributed by atoms with E-state index < -0.39 is 5.97 Å². The van der Waals surface area contributed by atoms with E-state index in [0.717, 1.165) is 33.0 Å². The molecule has 1 aliphatic heterocycles. The first kappa shape index (κ1) is 22.1. The number of hydrazine groups is 1. The summed E-state index contributed by atoms with van der Waals surface area (Å²) in [5.74, 6) is 0.719. The number of carbonyl (C=O) groups excluding carboxylic acids is 1. The predicted octanol–water partition coefficient (Wildman–Crippen LogP) is 5.78. The second kappa shape index (κ2) is 8.92. The zero-order valence-corrected chi connectivity index (χ0v) is 20.2. The molecule has 2 aromatic heterocycles. The molecule has 0 unspecified atom stereocenters. The smallest absolute Gasteiger partial charge is 0.351 e. The van der Waals surface area contributed by atoms with Crippen LogP contribution in [0.2, 0.25) is 5.02 Å². The van der Waals surface area contributed by atoms with Gasteiger partial charge in [0.15, 0.2) is 4.88 Å². The maximum Gasteiger partial charge on any atom is 0.351 e. The van der Waals surface area contributed by atoms with Gasteiger partial charge >= 0.3 is 5.97 Å². The number of fused-ring (bicyclic) bond motifs is 1. The third kappa shape index (κ3) is 4.04. The Bertz CT molecular complexity index is 1410. The van der Waals surface area contributed by atoms with E-state index >= 15 is 0 Å². The molecular weight excluding hydrogens is 476 g/mol. The van der Waals surface area contributed by atoms with Crippen molar-refractivity contribution >= 4 is 45.6 Å². The molecule has 0 amide bonds. The molecule has 1 N–H and O–H groups in total. The minimum Gasteiger partial charge on any atom is -0.484 e. The molecule has 0 radical (unpaired) electrons. The molecule has 34 heavy (non-hydrogen) atoms. The number of rotatable bonds is 6. The van der Waals surface area contributed by atoms with E-state index in [1.807, 2.05) is 66.9 Å². The van der Waals surface area contributed by atoms with Gasteiger partial charge in [0.1, 0.15) is 34.6 Å². The number of hydrogen-bond acceptors (Lipinski definition) is 8. The van der Waals surface area contributed by atoms with Gasteiger partial charge < -0.3 is 14.3 Å². The number of nitrogens with one attached hydrogen (secondary N) is 1. The summed E-state index contributed by atoms with van der Waals surface area (Å²) >= 11 is 7.60. The van der Waals surface area contributed by atoms with Crippen LogP contribution in [0.5, 0.6) is 5.75 Å². The molecule has 1 atom stereocenters. The van der Waals surface area contributed by atoms with Crippen LogP contribution in [0.4, 0.5) is 5.69 Å².